The maximum absolute atomic E-state index is 13.0. The van der Waals surface area contributed by atoms with Crippen LogP contribution in [-0.2, 0) is 10.0 Å². The van der Waals surface area contributed by atoms with Crippen molar-refractivity contribution in [1.29, 1.82) is 0 Å². The van der Waals surface area contributed by atoms with Crippen molar-refractivity contribution in [1.82, 2.24) is 4.31 Å². The molecule has 2 saturated carbocycles. The molecule has 21 heavy (non-hydrogen) atoms. The Morgan fingerprint density at radius 1 is 1.05 bits per heavy atom. The molecule has 2 fully saturated rings. The van der Waals surface area contributed by atoms with Crippen molar-refractivity contribution in [3.63, 3.8) is 0 Å². The van der Waals surface area contributed by atoms with E-state index in [1.165, 1.54) is 0 Å². The van der Waals surface area contributed by atoms with Crippen molar-refractivity contribution in [2.75, 3.05) is 13.1 Å². The first-order valence-corrected chi connectivity index (χ1v) is 10.0. The van der Waals surface area contributed by atoms with E-state index in [-0.39, 0.29) is 14.9 Å². The fourth-order valence-corrected chi connectivity index (χ4v) is 5.83. The Hall–Kier alpha value is 0.190. The second-order valence-corrected chi connectivity index (χ2v) is 9.51. The van der Waals surface area contributed by atoms with Crippen LogP contribution in [0.4, 0.5) is 0 Å². The van der Waals surface area contributed by atoms with Gasteiger partial charge in [-0.25, -0.2) is 8.42 Å². The molecule has 0 aromatic heterocycles. The average Bonchev–Trinajstić information content (AvgIpc) is 3.20. The molecule has 0 heterocycles. The highest BCUT2D eigenvalue weighted by molar-refractivity contribution is 9.10. The van der Waals surface area contributed by atoms with E-state index in [0.717, 1.165) is 25.7 Å². The summed E-state index contributed by atoms with van der Waals surface area (Å²) in [4.78, 5) is 0.0373. The summed E-state index contributed by atoms with van der Waals surface area (Å²) in [5, 5.41) is 0.344. The van der Waals surface area contributed by atoms with E-state index < -0.39 is 10.0 Å². The summed E-state index contributed by atoms with van der Waals surface area (Å²) in [5.41, 5.74) is 0. The molecule has 3 rings (SSSR count). The molecular formula is C14H16BrCl2NO2S. The molecule has 1 aromatic carbocycles. The lowest BCUT2D eigenvalue weighted by Crippen LogP contribution is -2.35. The molecule has 1 aromatic rings. The minimum atomic E-state index is -3.64. The topological polar surface area (TPSA) is 37.4 Å². The fourth-order valence-electron chi connectivity index (χ4n) is 2.35. The summed E-state index contributed by atoms with van der Waals surface area (Å²) >= 11 is 15.6. The van der Waals surface area contributed by atoms with Gasteiger partial charge in [0.15, 0.2) is 0 Å². The highest BCUT2D eigenvalue weighted by Crippen LogP contribution is 2.39. The number of nitrogens with zero attached hydrogens (tertiary/aromatic N) is 1. The van der Waals surface area contributed by atoms with Crippen molar-refractivity contribution < 1.29 is 8.42 Å². The van der Waals surface area contributed by atoms with Crippen LogP contribution in [0, 0.1) is 11.8 Å². The van der Waals surface area contributed by atoms with Gasteiger partial charge in [0.2, 0.25) is 10.0 Å². The van der Waals surface area contributed by atoms with E-state index in [9.17, 15) is 8.42 Å². The second kappa shape index (κ2) is 6.00. The number of halogens is 3. The minimum absolute atomic E-state index is 0.0373. The molecular weight excluding hydrogens is 397 g/mol. The first-order chi connectivity index (χ1) is 9.88. The van der Waals surface area contributed by atoms with Gasteiger partial charge in [0, 0.05) is 17.6 Å². The molecule has 0 N–H and O–H groups in total. The molecule has 0 amide bonds. The van der Waals surface area contributed by atoms with Crippen LogP contribution in [0.15, 0.2) is 21.5 Å². The number of hydrogen-bond acceptors (Lipinski definition) is 2. The van der Waals surface area contributed by atoms with Crippen molar-refractivity contribution in [3.05, 3.63) is 26.7 Å². The van der Waals surface area contributed by atoms with Gasteiger partial charge in [0.1, 0.15) is 4.90 Å². The molecule has 0 atom stereocenters. The van der Waals surface area contributed by atoms with Gasteiger partial charge in [-0.1, -0.05) is 39.1 Å². The van der Waals surface area contributed by atoms with E-state index in [1.54, 1.807) is 16.4 Å². The Morgan fingerprint density at radius 2 is 1.48 bits per heavy atom. The van der Waals surface area contributed by atoms with Crippen LogP contribution in [0.3, 0.4) is 0 Å². The molecule has 3 nitrogen and oxygen atoms in total. The van der Waals surface area contributed by atoms with Crippen LogP contribution >= 0.6 is 39.1 Å². The SMILES string of the molecule is O=S(=O)(c1c(Cl)cc(Br)cc1Cl)N(CC1CC1)CC1CC1. The zero-order valence-corrected chi connectivity index (χ0v) is 15.3. The summed E-state index contributed by atoms with van der Waals surface area (Å²) in [7, 11) is -3.64. The number of hydrogen-bond donors (Lipinski definition) is 0. The summed E-state index contributed by atoms with van der Waals surface area (Å²) in [5.74, 6) is 0.984. The summed E-state index contributed by atoms with van der Waals surface area (Å²) in [6, 6.07) is 3.15. The quantitative estimate of drug-likeness (QED) is 0.686. The number of rotatable bonds is 6. The average molecular weight is 413 g/mol. The lowest BCUT2D eigenvalue weighted by atomic mass is 10.3. The zero-order valence-electron chi connectivity index (χ0n) is 11.4. The molecule has 116 valence electrons. The monoisotopic (exact) mass is 411 g/mol. The number of benzene rings is 1. The van der Waals surface area contributed by atoms with Gasteiger partial charge in [-0.2, -0.15) is 4.31 Å². The molecule has 0 saturated heterocycles. The largest absolute Gasteiger partial charge is 0.246 e. The first kappa shape index (κ1) is 16.1. The highest BCUT2D eigenvalue weighted by atomic mass is 79.9. The summed E-state index contributed by atoms with van der Waals surface area (Å²) in [6.45, 7) is 1.17. The van der Waals surface area contributed by atoms with Crippen LogP contribution in [0.25, 0.3) is 0 Å². The Bertz CT molecular complexity index is 620. The van der Waals surface area contributed by atoms with Crippen molar-refractivity contribution in [2.45, 2.75) is 30.6 Å². The maximum atomic E-state index is 13.0. The minimum Gasteiger partial charge on any atom is -0.207 e. The Balaban J connectivity index is 1.95. The van der Waals surface area contributed by atoms with E-state index in [2.05, 4.69) is 15.9 Å². The fraction of sp³-hybridized carbons (Fsp3) is 0.571. The zero-order chi connectivity index (χ0) is 15.2. The Labute approximate surface area is 143 Å². The third-order valence-electron chi connectivity index (χ3n) is 3.88. The van der Waals surface area contributed by atoms with Gasteiger partial charge in [0.25, 0.3) is 0 Å². The van der Waals surface area contributed by atoms with Crippen LogP contribution in [0.2, 0.25) is 10.0 Å². The predicted octanol–water partition coefficient (Wildman–Crippen LogP) is 4.57. The van der Waals surface area contributed by atoms with Crippen molar-refractivity contribution in [2.24, 2.45) is 11.8 Å². The second-order valence-electron chi connectivity index (χ2n) is 5.91. The summed E-state index contributed by atoms with van der Waals surface area (Å²) in [6.07, 6.45) is 4.44. The van der Waals surface area contributed by atoms with Crippen LogP contribution in [-0.4, -0.2) is 25.8 Å². The molecule has 2 aliphatic rings. The van der Waals surface area contributed by atoms with Gasteiger partial charge in [-0.05, 0) is 49.7 Å². The molecule has 0 spiro atoms. The van der Waals surface area contributed by atoms with Crippen molar-refractivity contribution >= 4 is 49.2 Å². The van der Waals surface area contributed by atoms with Gasteiger partial charge in [0.05, 0.1) is 10.0 Å². The lowest BCUT2D eigenvalue weighted by molar-refractivity contribution is 0.382. The third kappa shape index (κ3) is 3.75. The van der Waals surface area contributed by atoms with E-state index >= 15 is 0 Å². The molecule has 0 unspecified atom stereocenters. The first-order valence-electron chi connectivity index (χ1n) is 7.02. The smallest absolute Gasteiger partial charge is 0.207 e. The lowest BCUT2D eigenvalue weighted by Gasteiger charge is -2.23. The molecule has 7 heteroatoms. The molecule has 2 aliphatic carbocycles. The van der Waals surface area contributed by atoms with Crippen molar-refractivity contribution in [3.8, 4) is 0 Å². The van der Waals surface area contributed by atoms with Gasteiger partial charge >= 0.3 is 0 Å². The Kier molecular flexibility index (Phi) is 4.59. The van der Waals surface area contributed by atoms with Crippen LogP contribution in [0.1, 0.15) is 25.7 Å². The van der Waals surface area contributed by atoms with E-state index in [1.807, 2.05) is 0 Å². The highest BCUT2D eigenvalue weighted by Gasteiger charge is 2.37. The molecule has 0 bridgehead atoms. The third-order valence-corrected chi connectivity index (χ3v) is 7.09. The van der Waals surface area contributed by atoms with Crippen LogP contribution in [0.5, 0.6) is 0 Å². The number of sulfonamides is 1. The molecule has 0 radical (unpaired) electrons. The van der Waals surface area contributed by atoms with Gasteiger partial charge < -0.3 is 0 Å². The van der Waals surface area contributed by atoms with Gasteiger partial charge in [-0.3, -0.25) is 0 Å². The molecule has 0 aliphatic heterocycles. The summed E-state index contributed by atoms with van der Waals surface area (Å²) < 4.78 is 28.2. The van der Waals surface area contributed by atoms with Crippen LogP contribution < -0.4 is 0 Å². The van der Waals surface area contributed by atoms with E-state index in [0.29, 0.717) is 29.4 Å². The standard InChI is InChI=1S/C14H16BrCl2NO2S/c15-11-5-12(16)14(13(17)6-11)21(19,20)18(7-9-1-2-9)8-10-3-4-10/h5-6,9-10H,1-4,7-8H2. The normalized spacial score (nSPS) is 19.2. The Morgan fingerprint density at radius 3 is 1.86 bits per heavy atom. The predicted molar refractivity (Wildman–Crippen MR) is 88.4 cm³/mol. The van der Waals surface area contributed by atoms with Gasteiger partial charge in [-0.15, -0.1) is 0 Å². The maximum Gasteiger partial charge on any atom is 0.246 e. The van der Waals surface area contributed by atoms with E-state index in [4.69, 9.17) is 23.2 Å².